The van der Waals surface area contributed by atoms with E-state index in [4.69, 9.17) is 0 Å². The Morgan fingerprint density at radius 1 is 1.57 bits per heavy atom. The zero-order valence-electron chi connectivity index (χ0n) is 9.44. The van der Waals surface area contributed by atoms with Gasteiger partial charge >= 0.3 is 0 Å². The summed E-state index contributed by atoms with van der Waals surface area (Å²) in [6, 6.07) is 0. The van der Waals surface area contributed by atoms with Crippen LogP contribution in [0.15, 0.2) is 12.8 Å². The number of nitrogens with zero attached hydrogens (tertiary/aromatic N) is 1. The van der Waals surface area contributed by atoms with Crippen molar-refractivity contribution in [2.75, 3.05) is 6.54 Å². The van der Waals surface area contributed by atoms with Crippen molar-refractivity contribution >= 4 is 5.70 Å². The van der Waals surface area contributed by atoms with Crippen LogP contribution in [0.3, 0.4) is 0 Å². The van der Waals surface area contributed by atoms with Crippen LogP contribution in [0.5, 0.6) is 0 Å². The first-order valence-electron chi connectivity index (χ1n) is 4.83. The van der Waals surface area contributed by atoms with E-state index in [1.807, 2.05) is 6.92 Å². The van der Waals surface area contributed by atoms with Crippen LogP contribution >= 0.6 is 0 Å². The molecule has 0 aromatic carbocycles. The van der Waals surface area contributed by atoms with Crippen molar-refractivity contribution in [1.29, 1.82) is 0 Å². The fraction of sp³-hybridized carbons (Fsp3) is 0.545. The maximum absolute atomic E-state index is 4.13. The molecule has 1 aromatic rings. The van der Waals surface area contributed by atoms with Crippen molar-refractivity contribution in [1.82, 2.24) is 15.3 Å². The number of hydrogen-bond donors (Lipinski definition) is 2. The molecule has 0 unspecified atom stereocenters. The zero-order valence-corrected chi connectivity index (χ0v) is 9.44. The van der Waals surface area contributed by atoms with Crippen LogP contribution in [0.4, 0.5) is 0 Å². The van der Waals surface area contributed by atoms with Crippen LogP contribution in [0.25, 0.3) is 5.70 Å². The lowest BCUT2D eigenvalue weighted by molar-refractivity contribution is 0.405. The van der Waals surface area contributed by atoms with Crippen LogP contribution in [0.2, 0.25) is 0 Å². The summed E-state index contributed by atoms with van der Waals surface area (Å²) in [5.74, 6) is 0.915. The van der Waals surface area contributed by atoms with Crippen molar-refractivity contribution in [3.63, 3.8) is 0 Å². The molecule has 1 aromatic heterocycles. The fourth-order valence-electron chi connectivity index (χ4n) is 1.04. The maximum Gasteiger partial charge on any atom is 0.103 e. The summed E-state index contributed by atoms with van der Waals surface area (Å²) in [5, 5.41) is 3.29. The Bertz CT molecular complexity index is 318. The highest BCUT2D eigenvalue weighted by molar-refractivity contribution is 5.57. The molecule has 0 saturated heterocycles. The first kappa shape index (κ1) is 10.8. The van der Waals surface area contributed by atoms with Crippen molar-refractivity contribution in [2.45, 2.75) is 27.7 Å². The molecule has 0 radical (unpaired) electrons. The molecule has 3 heteroatoms. The summed E-state index contributed by atoms with van der Waals surface area (Å²) in [6.07, 6.45) is 1.80. The van der Waals surface area contributed by atoms with Gasteiger partial charge in [-0.2, -0.15) is 0 Å². The normalized spacial score (nSPS) is 11.4. The number of aromatic amines is 1. The molecule has 0 fully saturated rings. The molecule has 2 N–H and O–H groups in total. The van der Waals surface area contributed by atoms with Crippen molar-refractivity contribution in [3.05, 3.63) is 24.3 Å². The maximum atomic E-state index is 4.13. The van der Waals surface area contributed by atoms with E-state index in [-0.39, 0.29) is 5.41 Å². The van der Waals surface area contributed by atoms with E-state index in [9.17, 15) is 0 Å². The molecule has 0 bridgehead atoms. The van der Waals surface area contributed by atoms with Gasteiger partial charge in [0.1, 0.15) is 5.82 Å². The number of imidazole rings is 1. The van der Waals surface area contributed by atoms with Crippen molar-refractivity contribution in [3.8, 4) is 0 Å². The first-order chi connectivity index (χ1) is 6.38. The number of aromatic nitrogens is 2. The molecule has 0 amide bonds. The predicted molar refractivity (Wildman–Crippen MR) is 59.8 cm³/mol. The second kappa shape index (κ2) is 3.86. The molecule has 78 valence electrons. The van der Waals surface area contributed by atoms with Crippen molar-refractivity contribution < 1.29 is 0 Å². The van der Waals surface area contributed by atoms with Crippen LogP contribution in [-0.4, -0.2) is 16.5 Å². The third-order valence-electron chi connectivity index (χ3n) is 1.86. The number of hydrogen-bond acceptors (Lipinski definition) is 2. The van der Waals surface area contributed by atoms with Gasteiger partial charge in [-0.05, 0) is 12.3 Å². The molecule has 0 spiro atoms. The van der Waals surface area contributed by atoms with E-state index < -0.39 is 0 Å². The molecule has 1 heterocycles. The zero-order chi connectivity index (χ0) is 10.8. The Balaban J connectivity index is 2.52. The van der Waals surface area contributed by atoms with E-state index in [1.165, 1.54) is 0 Å². The quantitative estimate of drug-likeness (QED) is 0.773. The third kappa shape index (κ3) is 3.24. The van der Waals surface area contributed by atoms with Gasteiger partial charge < -0.3 is 10.3 Å². The predicted octanol–water partition coefficient (Wildman–Crippen LogP) is 2.32. The van der Waals surface area contributed by atoms with E-state index in [0.29, 0.717) is 0 Å². The van der Waals surface area contributed by atoms with E-state index in [2.05, 4.69) is 42.6 Å². The highest BCUT2D eigenvalue weighted by Crippen LogP contribution is 2.13. The number of aryl methyl sites for hydroxylation is 1. The summed E-state index contributed by atoms with van der Waals surface area (Å²) in [6.45, 7) is 13.4. The summed E-state index contributed by atoms with van der Waals surface area (Å²) < 4.78 is 0. The van der Waals surface area contributed by atoms with E-state index >= 15 is 0 Å². The molecule has 0 aliphatic carbocycles. The minimum Gasteiger partial charge on any atom is -0.383 e. The van der Waals surface area contributed by atoms with Gasteiger partial charge in [-0.3, -0.25) is 0 Å². The lowest BCUT2D eigenvalue weighted by Crippen LogP contribution is -2.25. The highest BCUT2D eigenvalue weighted by Gasteiger charge is 2.10. The molecular formula is C11H19N3. The minimum absolute atomic E-state index is 0.262. The summed E-state index contributed by atoms with van der Waals surface area (Å²) >= 11 is 0. The Hall–Kier alpha value is -1.25. The Kier molecular flexibility index (Phi) is 2.99. The largest absolute Gasteiger partial charge is 0.383 e. The second-order valence-corrected chi connectivity index (χ2v) is 4.78. The molecular weight excluding hydrogens is 174 g/mol. The average Bonchev–Trinajstić information content (AvgIpc) is 2.46. The standard InChI is InChI=1S/C11H19N3/c1-8(13-7-11(3,4)5)10-6-12-9(2)14-10/h6,13H,1,7H2,2-5H3,(H,12,14). The van der Waals surface area contributed by atoms with Gasteiger partial charge in [-0.1, -0.05) is 27.4 Å². The number of nitrogens with one attached hydrogen (secondary N) is 2. The van der Waals surface area contributed by atoms with Gasteiger partial charge in [0.05, 0.1) is 17.6 Å². The fourth-order valence-corrected chi connectivity index (χ4v) is 1.04. The van der Waals surface area contributed by atoms with Crippen LogP contribution in [0.1, 0.15) is 32.3 Å². The molecule has 0 aliphatic rings. The number of H-pyrrole nitrogens is 1. The van der Waals surface area contributed by atoms with Gasteiger partial charge in [-0.15, -0.1) is 0 Å². The highest BCUT2D eigenvalue weighted by atomic mass is 15.0. The second-order valence-electron chi connectivity index (χ2n) is 4.78. The van der Waals surface area contributed by atoms with E-state index in [0.717, 1.165) is 23.8 Å². The molecule has 14 heavy (non-hydrogen) atoms. The molecule has 0 aliphatic heterocycles. The van der Waals surface area contributed by atoms with Gasteiger partial charge in [0.2, 0.25) is 0 Å². The molecule has 3 nitrogen and oxygen atoms in total. The molecule has 0 saturated carbocycles. The SMILES string of the molecule is C=C(NCC(C)(C)C)c1cnc(C)[nH]1. The molecule has 1 rings (SSSR count). The van der Waals surface area contributed by atoms with Gasteiger partial charge in [0.25, 0.3) is 0 Å². The molecule has 0 atom stereocenters. The minimum atomic E-state index is 0.262. The summed E-state index contributed by atoms with van der Waals surface area (Å²) in [5.41, 5.74) is 2.13. The average molecular weight is 193 g/mol. The smallest absolute Gasteiger partial charge is 0.103 e. The number of rotatable bonds is 3. The van der Waals surface area contributed by atoms with E-state index in [1.54, 1.807) is 6.20 Å². The Labute approximate surface area is 85.6 Å². The lowest BCUT2D eigenvalue weighted by atomic mass is 9.97. The monoisotopic (exact) mass is 193 g/mol. The summed E-state index contributed by atoms with van der Waals surface area (Å²) in [4.78, 5) is 7.26. The van der Waals surface area contributed by atoms with Crippen molar-refractivity contribution in [2.24, 2.45) is 5.41 Å². The van der Waals surface area contributed by atoms with Gasteiger partial charge in [0.15, 0.2) is 0 Å². The van der Waals surface area contributed by atoms with Gasteiger partial charge in [0, 0.05) is 6.54 Å². The van der Waals surface area contributed by atoms with Gasteiger partial charge in [-0.25, -0.2) is 4.98 Å². The lowest BCUT2D eigenvalue weighted by Gasteiger charge is -2.20. The van der Waals surface area contributed by atoms with Crippen LogP contribution in [-0.2, 0) is 0 Å². The third-order valence-corrected chi connectivity index (χ3v) is 1.86. The van der Waals surface area contributed by atoms with Crippen LogP contribution < -0.4 is 5.32 Å². The van der Waals surface area contributed by atoms with Crippen LogP contribution in [0, 0.1) is 12.3 Å². The summed E-state index contributed by atoms with van der Waals surface area (Å²) in [7, 11) is 0. The Morgan fingerprint density at radius 2 is 2.21 bits per heavy atom. The first-order valence-corrected chi connectivity index (χ1v) is 4.83. The topological polar surface area (TPSA) is 40.7 Å². The Morgan fingerprint density at radius 3 is 2.64 bits per heavy atom.